The monoisotopic (exact) mass is 735 g/mol. The first-order valence-electron chi connectivity index (χ1n) is 12.8. The molecule has 0 bridgehead atoms. The van der Waals surface area contributed by atoms with Crippen LogP contribution in [-0.4, -0.2) is 34.5 Å². The number of alkyl halides is 8. The molecule has 0 radical (unpaired) electrons. The molecule has 0 heterocycles. The summed E-state index contributed by atoms with van der Waals surface area (Å²) in [5.41, 5.74) is -4.10. The van der Waals surface area contributed by atoms with E-state index in [9.17, 15) is 49.5 Å². The number of benzene rings is 3. The molecular formula is C28H17Cl3F9N3O4. The second-order valence-corrected chi connectivity index (χ2v) is 11.9. The number of rotatable bonds is 8. The Morgan fingerprint density at radius 1 is 0.894 bits per heavy atom. The van der Waals surface area contributed by atoms with E-state index in [0.29, 0.717) is 19.1 Å². The van der Waals surface area contributed by atoms with Crippen LogP contribution >= 0.6 is 34.8 Å². The number of ether oxygens (including phenoxy) is 1. The Labute approximate surface area is 273 Å². The Bertz CT molecular complexity index is 1750. The number of carbonyl (C=O) groups excluding carboxylic acids is 3. The first-order chi connectivity index (χ1) is 21.6. The highest BCUT2D eigenvalue weighted by atomic mass is 35.5. The molecule has 3 atom stereocenters. The number of amides is 3. The van der Waals surface area contributed by atoms with E-state index in [2.05, 4.69) is 10.1 Å². The second kappa shape index (κ2) is 13.1. The molecule has 0 aromatic heterocycles. The lowest BCUT2D eigenvalue weighted by atomic mass is 10.0. The van der Waals surface area contributed by atoms with Gasteiger partial charge < -0.3 is 16.0 Å². The van der Waals surface area contributed by atoms with Gasteiger partial charge in [0.1, 0.15) is 27.8 Å². The lowest BCUT2D eigenvalue weighted by Gasteiger charge is -2.17. The fraction of sp³-hybridized carbons (Fsp3) is 0.250. The molecule has 1 fully saturated rings. The van der Waals surface area contributed by atoms with Gasteiger partial charge in [0.15, 0.2) is 5.82 Å². The van der Waals surface area contributed by atoms with Crippen molar-refractivity contribution in [2.24, 2.45) is 5.92 Å². The number of hydrogen-bond donors (Lipinski definition) is 3. The predicted octanol–water partition coefficient (Wildman–Crippen LogP) is 8.42. The van der Waals surface area contributed by atoms with Crippen molar-refractivity contribution in [3.8, 4) is 0 Å². The number of hydrogen-bond acceptors (Lipinski definition) is 4. The van der Waals surface area contributed by atoms with E-state index < -0.39 is 92.5 Å². The van der Waals surface area contributed by atoms with Crippen molar-refractivity contribution in [3.05, 3.63) is 87.7 Å². The quantitative estimate of drug-likeness (QED) is 0.160. The van der Waals surface area contributed by atoms with E-state index in [1.54, 1.807) is 5.32 Å². The van der Waals surface area contributed by atoms with Gasteiger partial charge in [-0.05, 0) is 61.0 Å². The molecular weight excluding hydrogens is 720 g/mol. The molecule has 1 unspecified atom stereocenters. The first-order valence-corrected chi connectivity index (χ1v) is 13.9. The van der Waals surface area contributed by atoms with E-state index in [1.807, 2.05) is 5.32 Å². The molecule has 0 spiro atoms. The maximum absolute atomic E-state index is 15.0. The summed E-state index contributed by atoms with van der Waals surface area (Å²) in [5.74, 6) is -10.5. The molecule has 3 aromatic carbocycles. The summed E-state index contributed by atoms with van der Waals surface area (Å²) in [6.45, 7) is 0.673. The van der Waals surface area contributed by atoms with Crippen LogP contribution in [0.15, 0.2) is 48.5 Å². The van der Waals surface area contributed by atoms with Crippen molar-refractivity contribution in [2.45, 2.75) is 35.8 Å². The number of halogens is 12. The Kier molecular flexibility index (Phi) is 10.0. The fourth-order valence-corrected chi connectivity index (χ4v) is 5.48. The maximum Gasteiger partial charge on any atom is 0.523 e. The van der Waals surface area contributed by atoms with Crippen LogP contribution in [0.5, 0.6) is 0 Å². The third-order valence-electron chi connectivity index (χ3n) is 6.69. The fourth-order valence-electron chi connectivity index (χ4n) is 4.45. The average Bonchev–Trinajstić information content (AvgIpc) is 3.53. The minimum Gasteiger partial charge on any atom is -0.326 e. The van der Waals surface area contributed by atoms with Gasteiger partial charge in [0.05, 0.1) is 27.8 Å². The summed E-state index contributed by atoms with van der Waals surface area (Å²) in [4.78, 5) is 38.0. The highest BCUT2D eigenvalue weighted by Crippen LogP contribution is 2.65. The molecule has 1 aliphatic carbocycles. The van der Waals surface area contributed by atoms with Crippen LogP contribution < -0.4 is 16.0 Å². The van der Waals surface area contributed by atoms with Crippen molar-refractivity contribution in [1.29, 1.82) is 0 Å². The largest absolute Gasteiger partial charge is 0.523 e. The molecule has 19 heteroatoms. The van der Waals surface area contributed by atoms with Crippen LogP contribution in [0.1, 0.15) is 34.3 Å². The normalized spacial score (nSPS) is 17.9. The molecule has 47 heavy (non-hydrogen) atoms. The van der Waals surface area contributed by atoms with E-state index in [-0.39, 0.29) is 22.3 Å². The lowest BCUT2D eigenvalue weighted by molar-refractivity contribution is -0.335. The summed E-state index contributed by atoms with van der Waals surface area (Å²) < 4.78 is 122. The highest BCUT2D eigenvalue weighted by Gasteiger charge is 2.67. The highest BCUT2D eigenvalue weighted by molar-refractivity contribution is 6.53. The van der Waals surface area contributed by atoms with Gasteiger partial charge in [0, 0.05) is 11.6 Å². The van der Waals surface area contributed by atoms with Crippen molar-refractivity contribution >= 4 is 69.6 Å². The van der Waals surface area contributed by atoms with Crippen molar-refractivity contribution in [1.82, 2.24) is 0 Å². The lowest BCUT2D eigenvalue weighted by Crippen LogP contribution is -2.33. The third-order valence-corrected chi connectivity index (χ3v) is 7.96. The maximum atomic E-state index is 15.0. The Morgan fingerprint density at radius 3 is 2.17 bits per heavy atom. The topological polar surface area (TPSA) is 96.5 Å². The Balaban J connectivity index is 1.51. The standard InChI is InChI=1S/C28H17Cl3F9N3O4/c1-10(47-28(38,39)40)23(44)43-22-17(33)4-5-18(21(22)34)42-24(45)15-9-14(2-3-16(15)29)41-25(46)20-19(26(20,30)31)11-6-12(27(35,36)37)8-13(32)7-11/h2-10,19-20H,1H3,(H,41,46)(H,42,45)(H,43,44)/t10?,19-,20+/m0/s1. The van der Waals surface area contributed by atoms with Crippen LogP contribution in [0.25, 0.3) is 0 Å². The molecule has 252 valence electrons. The number of nitrogens with one attached hydrogen (secondary N) is 3. The van der Waals surface area contributed by atoms with Crippen LogP contribution in [0, 0.1) is 23.4 Å². The van der Waals surface area contributed by atoms with Gasteiger partial charge in [-0.3, -0.25) is 19.1 Å². The molecule has 7 nitrogen and oxygen atoms in total. The van der Waals surface area contributed by atoms with E-state index in [4.69, 9.17) is 34.8 Å². The number of carbonyl (C=O) groups is 3. The minimum absolute atomic E-state index is 0.124. The van der Waals surface area contributed by atoms with Gasteiger partial charge in [0.25, 0.3) is 11.8 Å². The zero-order valence-corrected chi connectivity index (χ0v) is 25.3. The summed E-state index contributed by atoms with van der Waals surface area (Å²) >= 11 is 18.4. The zero-order chi connectivity index (χ0) is 35.2. The van der Waals surface area contributed by atoms with Crippen molar-refractivity contribution in [2.75, 3.05) is 16.0 Å². The predicted molar refractivity (Wildman–Crippen MR) is 152 cm³/mol. The smallest absolute Gasteiger partial charge is 0.326 e. The van der Waals surface area contributed by atoms with Gasteiger partial charge in [-0.1, -0.05) is 11.6 Å². The van der Waals surface area contributed by atoms with Crippen LogP contribution in [0.4, 0.5) is 56.6 Å². The van der Waals surface area contributed by atoms with E-state index >= 15 is 4.39 Å². The average molecular weight is 737 g/mol. The molecule has 3 N–H and O–H groups in total. The summed E-state index contributed by atoms with van der Waals surface area (Å²) in [6.07, 6.45) is -12.3. The number of anilines is 3. The van der Waals surface area contributed by atoms with Crippen molar-refractivity contribution in [3.63, 3.8) is 0 Å². The minimum atomic E-state index is -5.23. The van der Waals surface area contributed by atoms with Gasteiger partial charge in [-0.25, -0.2) is 13.2 Å². The molecule has 0 aliphatic heterocycles. The van der Waals surface area contributed by atoms with Crippen molar-refractivity contribution < 1.29 is 58.6 Å². The molecule has 4 rings (SSSR count). The third kappa shape index (κ3) is 8.23. The summed E-state index contributed by atoms with van der Waals surface area (Å²) in [7, 11) is 0. The Hall–Kier alpha value is -3.73. The molecule has 1 aliphatic rings. The second-order valence-electron chi connectivity index (χ2n) is 10.0. The summed E-state index contributed by atoms with van der Waals surface area (Å²) in [5, 5.41) is 5.77. The van der Waals surface area contributed by atoms with E-state index in [1.165, 1.54) is 6.07 Å². The molecule has 3 aromatic rings. The van der Waals surface area contributed by atoms with Gasteiger partial charge in [0.2, 0.25) is 5.91 Å². The van der Waals surface area contributed by atoms with Crippen LogP contribution in [0.3, 0.4) is 0 Å². The van der Waals surface area contributed by atoms with Gasteiger partial charge >= 0.3 is 12.5 Å². The molecule has 0 saturated heterocycles. The first kappa shape index (κ1) is 36.1. The van der Waals surface area contributed by atoms with Crippen LogP contribution in [0.2, 0.25) is 5.02 Å². The summed E-state index contributed by atoms with van der Waals surface area (Å²) in [6, 6.07) is 6.27. The van der Waals surface area contributed by atoms with Crippen LogP contribution in [-0.2, 0) is 20.5 Å². The van der Waals surface area contributed by atoms with E-state index in [0.717, 1.165) is 24.3 Å². The molecule has 1 saturated carbocycles. The molecule has 3 amide bonds. The SMILES string of the molecule is CC(OC(F)(F)F)C(=O)Nc1c(F)ccc(NC(=O)c2cc(NC(=O)[C@H]3[C@H](c4cc(F)cc(C(F)(F)F)c4)C3(Cl)Cl)ccc2Cl)c1F. The zero-order valence-electron chi connectivity index (χ0n) is 23.0. The Morgan fingerprint density at radius 2 is 1.55 bits per heavy atom. The van der Waals surface area contributed by atoms with Gasteiger partial charge in [-0.15, -0.1) is 36.4 Å². The van der Waals surface area contributed by atoms with Gasteiger partial charge in [-0.2, -0.15) is 13.2 Å².